The van der Waals surface area contributed by atoms with E-state index < -0.39 is 10.0 Å². The lowest BCUT2D eigenvalue weighted by atomic mass is 10.2. The van der Waals surface area contributed by atoms with Crippen LogP contribution in [0.2, 0.25) is 0 Å². The molecule has 3 nitrogen and oxygen atoms in total. The lowest BCUT2D eigenvalue weighted by molar-refractivity contribution is 0.598. The fourth-order valence-corrected chi connectivity index (χ4v) is 6.07. The molecule has 0 aliphatic carbocycles. The molecule has 1 fully saturated rings. The van der Waals surface area contributed by atoms with Crippen molar-refractivity contribution in [3.63, 3.8) is 0 Å². The van der Waals surface area contributed by atoms with Crippen LogP contribution in [0.3, 0.4) is 0 Å². The van der Waals surface area contributed by atoms with Crippen molar-refractivity contribution in [3.8, 4) is 0 Å². The second kappa shape index (κ2) is 5.53. The first-order valence-electron chi connectivity index (χ1n) is 6.23. The summed E-state index contributed by atoms with van der Waals surface area (Å²) in [5.74, 6) is 0.923. The number of benzene rings is 1. The van der Waals surface area contributed by atoms with Crippen LogP contribution in [0.1, 0.15) is 31.7 Å². The van der Waals surface area contributed by atoms with E-state index in [2.05, 4.69) is 10.7 Å². The molecule has 100 valence electrons. The van der Waals surface area contributed by atoms with Gasteiger partial charge in [-0.1, -0.05) is 41.7 Å². The topological polar surface area (TPSA) is 46.5 Å². The van der Waals surface area contributed by atoms with Gasteiger partial charge in [0.05, 0.1) is 4.90 Å². The van der Waals surface area contributed by atoms with Crippen molar-refractivity contribution >= 4 is 20.7 Å². The van der Waals surface area contributed by atoms with Crippen molar-refractivity contribution in [1.82, 2.24) is 0 Å². The molecule has 1 aliphatic heterocycles. The van der Waals surface area contributed by atoms with Crippen LogP contribution < -0.4 is 0 Å². The minimum Gasteiger partial charge on any atom is -0.199 e. The Hall–Kier alpha value is -0.680. The van der Waals surface area contributed by atoms with Gasteiger partial charge in [0.25, 0.3) is 10.0 Å². The summed E-state index contributed by atoms with van der Waals surface area (Å²) in [5, 5.41) is 0.402. The zero-order chi connectivity index (χ0) is 13.2. The molecule has 1 aromatic rings. The Kier molecular flexibility index (Phi) is 4.22. The van der Waals surface area contributed by atoms with E-state index in [0.717, 1.165) is 24.2 Å². The Labute approximate surface area is 112 Å². The number of nitrogens with zero attached hydrogens (tertiary/aromatic N) is 1. The van der Waals surface area contributed by atoms with E-state index in [1.165, 1.54) is 6.42 Å². The van der Waals surface area contributed by atoms with E-state index in [1.54, 1.807) is 12.1 Å². The first kappa shape index (κ1) is 13.7. The van der Waals surface area contributed by atoms with E-state index in [0.29, 0.717) is 10.1 Å². The van der Waals surface area contributed by atoms with Crippen LogP contribution in [0.4, 0.5) is 0 Å². The largest absolute Gasteiger partial charge is 0.287 e. The molecule has 0 amide bonds. The van der Waals surface area contributed by atoms with Crippen LogP contribution in [0.5, 0.6) is 0 Å². The number of sulfonamides is 1. The van der Waals surface area contributed by atoms with Gasteiger partial charge in [0, 0.05) is 11.0 Å². The standard InChI is InChI=1S/C13H19NO2S2/c1-11-6-8-13(9-7-11)18(15,16)14-17-10-4-3-5-12(17)2/h6-9,12H,3-5,10H2,1-2H3/t12-,17+/m0/s1. The Morgan fingerprint density at radius 2 is 1.89 bits per heavy atom. The molecule has 1 saturated heterocycles. The minimum atomic E-state index is -3.47. The first-order chi connectivity index (χ1) is 8.49. The Morgan fingerprint density at radius 3 is 2.50 bits per heavy atom. The highest BCUT2D eigenvalue weighted by Gasteiger charge is 2.19. The average molecular weight is 285 g/mol. The van der Waals surface area contributed by atoms with Gasteiger partial charge in [0.15, 0.2) is 0 Å². The van der Waals surface area contributed by atoms with Gasteiger partial charge < -0.3 is 0 Å². The molecule has 1 aromatic carbocycles. The van der Waals surface area contributed by atoms with Gasteiger partial charge in [0.2, 0.25) is 0 Å². The highest BCUT2D eigenvalue weighted by Crippen LogP contribution is 2.21. The van der Waals surface area contributed by atoms with Crippen molar-refractivity contribution < 1.29 is 8.42 Å². The zero-order valence-corrected chi connectivity index (χ0v) is 12.4. The van der Waals surface area contributed by atoms with Gasteiger partial charge in [-0.05, 0) is 31.9 Å². The Morgan fingerprint density at radius 1 is 1.22 bits per heavy atom. The number of rotatable bonds is 2. The third-order valence-corrected chi connectivity index (χ3v) is 7.48. The van der Waals surface area contributed by atoms with Gasteiger partial charge in [0.1, 0.15) is 0 Å². The molecular weight excluding hydrogens is 266 g/mol. The molecule has 1 aliphatic rings. The van der Waals surface area contributed by atoms with Gasteiger partial charge in [-0.25, -0.2) is 0 Å². The molecule has 0 bridgehead atoms. The summed E-state index contributed by atoms with van der Waals surface area (Å²) in [5.41, 5.74) is 1.06. The van der Waals surface area contributed by atoms with E-state index in [1.807, 2.05) is 19.1 Å². The summed E-state index contributed by atoms with van der Waals surface area (Å²) in [6.45, 7) is 4.05. The fraction of sp³-hybridized carbons (Fsp3) is 0.538. The van der Waals surface area contributed by atoms with Crippen molar-refractivity contribution in [2.45, 2.75) is 43.3 Å². The Balaban J connectivity index is 2.31. The monoisotopic (exact) mass is 285 g/mol. The molecule has 0 unspecified atom stereocenters. The molecule has 0 saturated carbocycles. The third kappa shape index (κ3) is 3.20. The summed E-state index contributed by atoms with van der Waals surface area (Å²) >= 11 is 0. The normalized spacial score (nSPS) is 25.2. The van der Waals surface area contributed by atoms with E-state index in [9.17, 15) is 8.42 Å². The minimum absolute atomic E-state index is 0.318. The fourth-order valence-electron chi connectivity index (χ4n) is 2.01. The summed E-state index contributed by atoms with van der Waals surface area (Å²) in [6, 6.07) is 6.92. The summed E-state index contributed by atoms with van der Waals surface area (Å²) in [7, 11) is -3.80. The molecule has 0 radical (unpaired) electrons. The lowest BCUT2D eigenvalue weighted by Crippen LogP contribution is -2.20. The predicted octanol–water partition coefficient (Wildman–Crippen LogP) is 3.06. The molecule has 2 atom stereocenters. The number of hydrogen-bond donors (Lipinski definition) is 0. The lowest BCUT2D eigenvalue weighted by Gasteiger charge is -2.21. The summed E-state index contributed by atoms with van der Waals surface area (Å²) in [4.78, 5) is 0.318. The van der Waals surface area contributed by atoms with Crippen molar-refractivity contribution in [2.24, 2.45) is 3.77 Å². The third-order valence-electron chi connectivity index (χ3n) is 3.19. The van der Waals surface area contributed by atoms with Gasteiger partial charge in [-0.3, -0.25) is 0 Å². The second-order valence-corrected chi connectivity index (χ2v) is 8.81. The quantitative estimate of drug-likeness (QED) is 0.838. The molecule has 18 heavy (non-hydrogen) atoms. The maximum absolute atomic E-state index is 12.2. The van der Waals surface area contributed by atoms with E-state index in [4.69, 9.17) is 0 Å². The number of aryl methyl sites for hydroxylation is 1. The van der Waals surface area contributed by atoms with Crippen LogP contribution in [0.25, 0.3) is 0 Å². The van der Waals surface area contributed by atoms with Crippen LogP contribution in [-0.2, 0) is 20.7 Å². The highest BCUT2D eigenvalue weighted by atomic mass is 32.3. The molecule has 0 spiro atoms. The maximum atomic E-state index is 12.2. The van der Waals surface area contributed by atoms with Gasteiger partial charge in [-0.2, -0.15) is 8.42 Å². The summed E-state index contributed by atoms with van der Waals surface area (Å²) in [6.07, 6.45) is 3.39. The van der Waals surface area contributed by atoms with E-state index in [-0.39, 0.29) is 10.7 Å². The SMILES string of the molecule is Cc1ccc(S(=O)(=O)/N=[S@@]2/CCCC[C@@H]2C)cc1. The first-order valence-corrected chi connectivity index (χ1v) is 9.09. The smallest absolute Gasteiger partial charge is 0.199 e. The van der Waals surface area contributed by atoms with Crippen molar-refractivity contribution in [1.29, 1.82) is 0 Å². The molecule has 5 heteroatoms. The van der Waals surface area contributed by atoms with Gasteiger partial charge >= 0.3 is 0 Å². The average Bonchev–Trinajstić information content (AvgIpc) is 2.32. The van der Waals surface area contributed by atoms with Crippen molar-refractivity contribution in [3.05, 3.63) is 29.8 Å². The molecule has 0 aromatic heterocycles. The van der Waals surface area contributed by atoms with Gasteiger partial charge in [-0.15, -0.1) is 3.77 Å². The molecule has 0 N–H and O–H groups in total. The molecular formula is C13H19NO2S2. The second-order valence-electron chi connectivity index (χ2n) is 4.77. The van der Waals surface area contributed by atoms with Crippen molar-refractivity contribution in [2.75, 3.05) is 5.75 Å². The van der Waals surface area contributed by atoms with Crippen LogP contribution in [-0.4, -0.2) is 19.4 Å². The zero-order valence-electron chi connectivity index (χ0n) is 10.8. The van der Waals surface area contributed by atoms with Crippen LogP contribution >= 0.6 is 0 Å². The predicted molar refractivity (Wildman–Crippen MR) is 76.3 cm³/mol. The number of hydrogen-bond acceptors (Lipinski definition) is 2. The van der Waals surface area contributed by atoms with E-state index >= 15 is 0 Å². The van der Waals surface area contributed by atoms with Crippen LogP contribution in [0, 0.1) is 6.92 Å². The summed E-state index contributed by atoms with van der Waals surface area (Å²) < 4.78 is 28.5. The van der Waals surface area contributed by atoms with Crippen LogP contribution in [0.15, 0.2) is 32.9 Å². The highest BCUT2D eigenvalue weighted by molar-refractivity contribution is 8.00. The molecule has 1 heterocycles. The molecule has 2 rings (SSSR count). The maximum Gasteiger partial charge on any atom is 0.287 e. The Bertz CT molecular complexity index is 547.